The van der Waals surface area contributed by atoms with Crippen LogP contribution in [0, 0.1) is 5.82 Å². The summed E-state index contributed by atoms with van der Waals surface area (Å²) in [5.74, 6) is -0.379. The Bertz CT molecular complexity index is 934. The second-order valence-corrected chi connectivity index (χ2v) is 7.39. The summed E-state index contributed by atoms with van der Waals surface area (Å²) in [6, 6.07) is 10.5. The average molecular weight is 412 g/mol. The SMILES string of the molecule is CC(Sc1nnc(-c2ccc(F)cc2)o1)C(=O)Nc1ccc(Cl)cc1Cl. The zero-order valence-corrected chi connectivity index (χ0v) is 15.7. The van der Waals surface area contributed by atoms with Crippen molar-refractivity contribution in [2.45, 2.75) is 17.4 Å². The number of rotatable bonds is 5. The van der Waals surface area contributed by atoms with Gasteiger partial charge in [-0.2, -0.15) is 0 Å². The first-order valence-electron chi connectivity index (χ1n) is 7.44. The van der Waals surface area contributed by atoms with E-state index in [2.05, 4.69) is 15.5 Å². The number of aromatic nitrogens is 2. The number of amides is 1. The van der Waals surface area contributed by atoms with Gasteiger partial charge in [0.05, 0.1) is 16.0 Å². The number of nitrogens with one attached hydrogen (secondary N) is 1. The predicted octanol–water partition coefficient (Wildman–Crippen LogP) is 5.30. The highest BCUT2D eigenvalue weighted by molar-refractivity contribution is 8.00. The molecule has 1 amide bonds. The van der Waals surface area contributed by atoms with Crippen molar-refractivity contribution in [3.63, 3.8) is 0 Å². The zero-order chi connectivity index (χ0) is 18.7. The number of hydrogen-bond donors (Lipinski definition) is 1. The number of carbonyl (C=O) groups is 1. The van der Waals surface area contributed by atoms with Gasteiger partial charge < -0.3 is 9.73 Å². The Labute approximate surface area is 162 Å². The summed E-state index contributed by atoms with van der Waals surface area (Å²) in [6.07, 6.45) is 0. The minimum Gasteiger partial charge on any atom is -0.411 e. The summed E-state index contributed by atoms with van der Waals surface area (Å²) in [6.45, 7) is 1.70. The van der Waals surface area contributed by atoms with E-state index in [1.54, 1.807) is 25.1 Å². The highest BCUT2D eigenvalue weighted by Gasteiger charge is 2.19. The molecule has 0 saturated heterocycles. The van der Waals surface area contributed by atoms with E-state index in [4.69, 9.17) is 27.6 Å². The molecule has 26 heavy (non-hydrogen) atoms. The molecule has 134 valence electrons. The van der Waals surface area contributed by atoms with Crippen LogP contribution in [0.1, 0.15) is 6.92 Å². The molecule has 3 aromatic rings. The number of hydrogen-bond acceptors (Lipinski definition) is 5. The summed E-state index contributed by atoms with van der Waals surface area (Å²) >= 11 is 13.0. The molecule has 3 rings (SSSR count). The third-order valence-corrected chi connectivity index (χ3v) is 4.82. The summed E-state index contributed by atoms with van der Waals surface area (Å²) in [5, 5.41) is 11.1. The van der Waals surface area contributed by atoms with Crippen LogP contribution < -0.4 is 5.32 Å². The molecule has 0 bridgehead atoms. The second-order valence-electron chi connectivity index (χ2n) is 5.25. The van der Waals surface area contributed by atoms with E-state index in [0.717, 1.165) is 11.8 Å². The lowest BCUT2D eigenvalue weighted by molar-refractivity contribution is -0.115. The number of thioether (sulfide) groups is 1. The van der Waals surface area contributed by atoms with Gasteiger partial charge in [-0.1, -0.05) is 35.0 Å². The Morgan fingerprint density at radius 3 is 2.62 bits per heavy atom. The van der Waals surface area contributed by atoms with E-state index >= 15 is 0 Å². The van der Waals surface area contributed by atoms with E-state index in [9.17, 15) is 9.18 Å². The molecule has 1 aromatic heterocycles. The lowest BCUT2D eigenvalue weighted by Crippen LogP contribution is -2.22. The van der Waals surface area contributed by atoms with Gasteiger partial charge in [-0.3, -0.25) is 4.79 Å². The van der Waals surface area contributed by atoms with Gasteiger partial charge >= 0.3 is 0 Å². The molecule has 1 heterocycles. The normalized spacial score (nSPS) is 12.0. The van der Waals surface area contributed by atoms with Crippen LogP contribution in [-0.2, 0) is 4.79 Å². The molecule has 0 saturated carbocycles. The molecule has 1 unspecified atom stereocenters. The molecule has 0 fully saturated rings. The molecule has 1 N–H and O–H groups in total. The smallest absolute Gasteiger partial charge is 0.277 e. The molecule has 0 radical (unpaired) electrons. The summed E-state index contributed by atoms with van der Waals surface area (Å²) in [4.78, 5) is 12.3. The molecule has 5 nitrogen and oxygen atoms in total. The van der Waals surface area contributed by atoms with E-state index in [1.165, 1.54) is 24.3 Å². The van der Waals surface area contributed by atoms with Gasteiger partial charge in [0.25, 0.3) is 5.22 Å². The van der Waals surface area contributed by atoms with Gasteiger partial charge in [0.1, 0.15) is 5.82 Å². The van der Waals surface area contributed by atoms with Crippen LogP contribution in [0.2, 0.25) is 10.0 Å². The fourth-order valence-corrected chi connectivity index (χ4v) is 3.14. The first-order valence-corrected chi connectivity index (χ1v) is 9.08. The molecule has 0 aliphatic rings. The fraction of sp³-hybridized carbons (Fsp3) is 0.118. The van der Waals surface area contributed by atoms with Gasteiger partial charge in [-0.25, -0.2) is 4.39 Å². The summed E-state index contributed by atoms with van der Waals surface area (Å²) < 4.78 is 18.5. The monoisotopic (exact) mass is 411 g/mol. The number of carbonyl (C=O) groups excluding carboxylic acids is 1. The van der Waals surface area contributed by atoms with E-state index in [1.807, 2.05) is 0 Å². The first-order chi connectivity index (χ1) is 12.4. The van der Waals surface area contributed by atoms with Crippen molar-refractivity contribution < 1.29 is 13.6 Å². The van der Waals surface area contributed by atoms with Crippen molar-refractivity contribution in [1.29, 1.82) is 0 Å². The minimum atomic E-state index is -0.511. The van der Waals surface area contributed by atoms with Crippen LogP contribution >= 0.6 is 35.0 Å². The highest BCUT2D eigenvalue weighted by atomic mass is 35.5. The van der Waals surface area contributed by atoms with Crippen LogP contribution in [0.25, 0.3) is 11.5 Å². The van der Waals surface area contributed by atoms with Crippen molar-refractivity contribution in [3.8, 4) is 11.5 Å². The maximum absolute atomic E-state index is 13.0. The Balaban J connectivity index is 1.65. The van der Waals surface area contributed by atoms with E-state index < -0.39 is 5.25 Å². The molecule has 1 atom stereocenters. The molecular weight excluding hydrogens is 400 g/mol. The maximum Gasteiger partial charge on any atom is 0.277 e. The van der Waals surface area contributed by atoms with Crippen LogP contribution in [0.3, 0.4) is 0 Å². The lowest BCUT2D eigenvalue weighted by atomic mass is 10.2. The van der Waals surface area contributed by atoms with Crippen molar-refractivity contribution in [2.75, 3.05) is 5.32 Å². The molecule has 0 aliphatic heterocycles. The Morgan fingerprint density at radius 2 is 1.92 bits per heavy atom. The van der Waals surface area contributed by atoms with Gasteiger partial charge in [0.15, 0.2) is 0 Å². The first kappa shape index (κ1) is 18.7. The van der Waals surface area contributed by atoms with Crippen molar-refractivity contribution in [2.24, 2.45) is 0 Å². The molecule has 9 heteroatoms. The third kappa shape index (κ3) is 4.55. The van der Waals surface area contributed by atoms with Crippen LogP contribution in [0.5, 0.6) is 0 Å². The molecule has 0 aliphatic carbocycles. The minimum absolute atomic E-state index is 0.231. The standard InChI is InChI=1S/C17H12Cl2FN3O2S/c1-9(15(24)21-14-7-4-11(18)8-13(14)19)26-17-23-22-16(25-17)10-2-5-12(20)6-3-10/h2-9H,1H3,(H,21,24). The van der Waals surface area contributed by atoms with Crippen molar-refractivity contribution >= 4 is 46.6 Å². The predicted molar refractivity (Wildman–Crippen MR) is 100 cm³/mol. The number of anilines is 1. The fourth-order valence-electron chi connectivity index (χ4n) is 2.00. The van der Waals surface area contributed by atoms with Gasteiger partial charge in [-0.15, -0.1) is 10.2 Å². The van der Waals surface area contributed by atoms with Crippen molar-refractivity contribution in [1.82, 2.24) is 10.2 Å². The van der Waals surface area contributed by atoms with Crippen LogP contribution in [0.4, 0.5) is 10.1 Å². The second kappa shape index (κ2) is 8.07. The highest BCUT2D eigenvalue weighted by Crippen LogP contribution is 2.29. The van der Waals surface area contributed by atoms with Crippen LogP contribution in [0.15, 0.2) is 52.1 Å². The average Bonchev–Trinajstić information content (AvgIpc) is 3.06. The molecule has 0 spiro atoms. The Hall–Kier alpha value is -2.09. The van der Waals surface area contributed by atoms with Gasteiger partial charge in [-0.05, 0) is 49.4 Å². The topological polar surface area (TPSA) is 68.0 Å². The summed E-state index contributed by atoms with van der Waals surface area (Å²) in [5.41, 5.74) is 1.06. The maximum atomic E-state index is 13.0. The largest absolute Gasteiger partial charge is 0.411 e. The quantitative estimate of drug-likeness (QED) is 0.576. The lowest BCUT2D eigenvalue weighted by Gasteiger charge is -2.11. The zero-order valence-electron chi connectivity index (χ0n) is 13.4. The number of nitrogens with zero attached hydrogens (tertiary/aromatic N) is 2. The molecular formula is C17H12Cl2FN3O2S. The van der Waals surface area contributed by atoms with Crippen LogP contribution in [-0.4, -0.2) is 21.4 Å². The van der Waals surface area contributed by atoms with Crippen molar-refractivity contribution in [3.05, 3.63) is 58.3 Å². The van der Waals surface area contributed by atoms with Gasteiger partial charge in [0, 0.05) is 10.6 Å². The Kier molecular flexibility index (Phi) is 5.80. The number of halogens is 3. The summed E-state index contributed by atoms with van der Waals surface area (Å²) in [7, 11) is 0. The molecule has 2 aromatic carbocycles. The van der Waals surface area contributed by atoms with Gasteiger partial charge in [0.2, 0.25) is 11.8 Å². The number of benzene rings is 2. The third-order valence-electron chi connectivity index (χ3n) is 3.33. The van der Waals surface area contributed by atoms with E-state index in [-0.39, 0.29) is 22.8 Å². The van der Waals surface area contributed by atoms with E-state index in [0.29, 0.717) is 21.3 Å². The Morgan fingerprint density at radius 1 is 1.19 bits per heavy atom.